The van der Waals surface area contributed by atoms with E-state index in [1.54, 1.807) is 22.7 Å². The average molecular weight is 500 g/mol. The third-order valence-corrected chi connectivity index (χ3v) is 6.96. The Hall–Kier alpha value is -3.67. The minimum atomic E-state index is -0.470. The predicted molar refractivity (Wildman–Crippen MR) is 149 cm³/mol. The van der Waals surface area contributed by atoms with Crippen LogP contribution >= 0.6 is 0 Å². The summed E-state index contributed by atoms with van der Waals surface area (Å²) >= 11 is 0. The molecule has 0 spiro atoms. The number of benzene rings is 2. The maximum Gasteiger partial charge on any atom is 0.343 e. The van der Waals surface area contributed by atoms with Crippen LogP contribution in [0.25, 0.3) is 17.8 Å². The number of aromatic nitrogens is 2. The van der Waals surface area contributed by atoms with Crippen molar-refractivity contribution < 1.29 is 14.3 Å². The smallest absolute Gasteiger partial charge is 0.343 e. The predicted octanol–water partition coefficient (Wildman–Crippen LogP) is 6.79. The van der Waals surface area contributed by atoms with E-state index >= 15 is 0 Å². The van der Waals surface area contributed by atoms with Crippen LogP contribution in [0.1, 0.15) is 74.9 Å². The summed E-state index contributed by atoms with van der Waals surface area (Å²) in [4.78, 5) is 28.3. The molecule has 1 saturated carbocycles. The van der Waals surface area contributed by atoms with Crippen molar-refractivity contribution >= 4 is 29.8 Å². The molecule has 1 amide bonds. The molecule has 0 aliphatic heterocycles. The van der Waals surface area contributed by atoms with Gasteiger partial charge in [0, 0.05) is 18.2 Å². The number of rotatable bonds is 8. The van der Waals surface area contributed by atoms with Crippen molar-refractivity contribution in [3.05, 3.63) is 77.5 Å². The molecule has 0 N–H and O–H groups in total. The number of carbonyl (C=O) groups is 2. The van der Waals surface area contributed by atoms with Gasteiger partial charge in [-0.05, 0) is 75.6 Å². The summed E-state index contributed by atoms with van der Waals surface area (Å²) < 4.78 is 7.01. The molecule has 6 heteroatoms. The van der Waals surface area contributed by atoms with Gasteiger partial charge in [-0.25, -0.2) is 9.48 Å². The topological polar surface area (TPSA) is 64.4 Å². The van der Waals surface area contributed by atoms with Crippen molar-refractivity contribution in [2.75, 3.05) is 11.5 Å². The van der Waals surface area contributed by atoms with E-state index in [1.807, 2.05) is 56.3 Å². The van der Waals surface area contributed by atoms with E-state index in [0.29, 0.717) is 17.3 Å². The molecule has 1 aromatic heterocycles. The minimum Gasteiger partial charge on any atom is -0.462 e. The maximum absolute atomic E-state index is 13.7. The second-order valence-electron chi connectivity index (χ2n) is 10.1. The molecule has 4 rings (SSSR count). The Bertz CT molecular complexity index is 1220. The highest BCUT2D eigenvalue weighted by Crippen LogP contribution is 2.33. The zero-order chi connectivity index (χ0) is 26.4. The summed E-state index contributed by atoms with van der Waals surface area (Å²) in [6.45, 7) is 8.20. The Morgan fingerprint density at radius 3 is 2.22 bits per heavy atom. The van der Waals surface area contributed by atoms with Crippen LogP contribution in [0.4, 0.5) is 5.82 Å². The lowest BCUT2D eigenvalue weighted by molar-refractivity contribution is -0.124. The standard InChI is InChI=1S/C31H37N3O3/c1-5-37-31(36)28-21-33(27-19-15-25(16-20-27)14-13-24-9-7-6-8-10-24)32-29(28)34(22(2)3)30(35)26-17-11-23(4)12-18-26/h6-10,13-16,19-23,26H,5,11-12,17-18H2,1-4H3/b14-13+/t23-,26-. The summed E-state index contributed by atoms with van der Waals surface area (Å²) in [5, 5.41) is 4.76. The second-order valence-corrected chi connectivity index (χ2v) is 10.1. The van der Waals surface area contributed by atoms with E-state index in [-0.39, 0.29) is 24.5 Å². The Morgan fingerprint density at radius 1 is 1.00 bits per heavy atom. The van der Waals surface area contributed by atoms with Crippen LogP contribution in [-0.4, -0.2) is 34.3 Å². The lowest BCUT2D eigenvalue weighted by Crippen LogP contribution is -2.43. The first-order valence-electron chi connectivity index (χ1n) is 13.3. The first-order chi connectivity index (χ1) is 17.9. The SMILES string of the molecule is CCOC(=O)c1cn(-c2ccc(/C=C/c3ccccc3)cc2)nc1N(C(=O)[C@H]1CC[C@H](C)CC1)C(C)C. The molecular weight excluding hydrogens is 462 g/mol. The number of ether oxygens (including phenoxy) is 1. The van der Waals surface area contributed by atoms with Gasteiger partial charge in [0.1, 0.15) is 5.56 Å². The van der Waals surface area contributed by atoms with E-state index in [2.05, 4.69) is 31.2 Å². The fraction of sp³-hybridized carbons (Fsp3) is 0.387. The lowest BCUT2D eigenvalue weighted by Gasteiger charge is -2.32. The quantitative estimate of drug-likeness (QED) is 0.253. The van der Waals surface area contributed by atoms with Gasteiger partial charge in [-0.15, -0.1) is 5.10 Å². The van der Waals surface area contributed by atoms with E-state index < -0.39 is 5.97 Å². The Morgan fingerprint density at radius 2 is 1.62 bits per heavy atom. The van der Waals surface area contributed by atoms with Crippen molar-refractivity contribution in [3.63, 3.8) is 0 Å². The highest BCUT2D eigenvalue weighted by Gasteiger charge is 2.34. The highest BCUT2D eigenvalue weighted by atomic mass is 16.5. The zero-order valence-electron chi connectivity index (χ0n) is 22.3. The van der Waals surface area contributed by atoms with Gasteiger partial charge < -0.3 is 4.74 Å². The number of amides is 1. The highest BCUT2D eigenvalue weighted by molar-refractivity contribution is 6.02. The average Bonchev–Trinajstić information content (AvgIpc) is 3.33. The normalized spacial score (nSPS) is 17.8. The van der Waals surface area contributed by atoms with Gasteiger partial charge in [0.25, 0.3) is 0 Å². The maximum atomic E-state index is 13.7. The molecule has 0 unspecified atom stereocenters. The lowest BCUT2D eigenvalue weighted by atomic mass is 9.82. The van der Waals surface area contributed by atoms with Crippen molar-refractivity contribution in [3.8, 4) is 5.69 Å². The van der Waals surface area contributed by atoms with E-state index in [0.717, 1.165) is 42.5 Å². The summed E-state index contributed by atoms with van der Waals surface area (Å²) in [7, 11) is 0. The summed E-state index contributed by atoms with van der Waals surface area (Å²) in [5.41, 5.74) is 3.29. The van der Waals surface area contributed by atoms with Crippen LogP contribution in [0.3, 0.4) is 0 Å². The molecule has 2 aromatic carbocycles. The van der Waals surface area contributed by atoms with Gasteiger partial charge in [-0.2, -0.15) is 0 Å². The summed E-state index contributed by atoms with van der Waals surface area (Å²) in [6, 6.07) is 17.9. The van der Waals surface area contributed by atoms with Gasteiger partial charge in [0.05, 0.1) is 12.3 Å². The van der Waals surface area contributed by atoms with E-state index in [1.165, 1.54) is 0 Å². The van der Waals surface area contributed by atoms with Crippen LogP contribution in [0.15, 0.2) is 60.8 Å². The molecule has 1 aliphatic carbocycles. The molecule has 6 nitrogen and oxygen atoms in total. The molecule has 0 bridgehead atoms. The third kappa shape index (κ3) is 6.37. The molecule has 3 aromatic rings. The Labute approximate surface area is 219 Å². The summed E-state index contributed by atoms with van der Waals surface area (Å²) in [6.07, 6.45) is 9.64. The first kappa shape index (κ1) is 26.4. The Balaban J connectivity index is 1.64. The van der Waals surface area contributed by atoms with Gasteiger partial charge >= 0.3 is 5.97 Å². The monoisotopic (exact) mass is 499 g/mol. The fourth-order valence-corrected chi connectivity index (χ4v) is 4.83. The van der Waals surface area contributed by atoms with Crippen LogP contribution in [0, 0.1) is 11.8 Å². The van der Waals surface area contributed by atoms with Crippen molar-refractivity contribution in [2.24, 2.45) is 11.8 Å². The van der Waals surface area contributed by atoms with E-state index in [9.17, 15) is 9.59 Å². The summed E-state index contributed by atoms with van der Waals surface area (Å²) in [5.74, 6) is 0.539. The molecule has 37 heavy (non-hydrogen) atoms. The van der Waals surface area contributed by atoms with E-state index in [4.69, 9.17) is 9.84 Å². The van der Waals surface area contributed by atoms with Crippen LogP contribution < -0.4 is 4.90 Å². The van der Waals surface area contributed by atoms with Gasteiger partial charge in [-0.3, -0.25) is 9.69 Å². The van der Waals surface area contributed by atoms with Crippen LogP contribution in [0.5, 0.6) is 0 Å². The molecular formula is C31H37N3O3. The number of hydrogen-bond donors (Lipinski definition) is 0. The molecule has 0 atom stereocenters. The molecule has 0 saturated heterocycles. The first-order valence-corrected chi connectivity index (χ1v) is 13.3. The van der Waals surface area contributed by atoms with Gasteiger partial charge in [0.2, 0.25) is 5.91 Å². The molecule has 0 radical (unpaired) electrons. The fourth-order valence-electron chi connectivity index (χ4n) is 4.83. The van der Waals surface area contributed by atoms with Gasteiger partial charge in [0.15, 0.2) is 5.82 Å². The molecule has 194 valence electrons. The Kier molecular flexibility index (Phi) is 8.59. The second kappa shape index (κ2) is 12.0. The van der Waals surface area contributed by atoms with Crippen molar-refractivity contribution in [1.82, 2.24) is 9.78 Å². The largest absolute Gasteiger partial charge is 0.462 e. The number of nitrogens with zero attached hydrogens (tertiary/aromatic N) is 3. The van der Waals surface area contributed by atoms with Crippen molar-refractivity contribution in [2.45, 2.75) is 59.4 Å². The third-order valence-electron chi connectivity index (χ3n) is 6.96. The van der Waals surface area contributed by atoms with Crippen molar-refractivity contribution in [1.29, 1.82) is 0 Å². The number of anilines is 1. The van der Waals surface area contributed by atoms with Crippen LogP contribution in [-0.2, 0) is 9.53 Å². The molecule has 1 aliphatic rings. The molecule has 1 fully saturated rings. The number of hydrogen-bond acceptors (Lipinski definition) is 4. The number of carbonyl (C=O) groups excluding carboxylic acids is 2. The minimum absolute atomic E-state index is 0.0408. The van der Waals surface area contributed by atoms with Gasteiger partial charge in [-0.1, -0.05) is 61.5 Å². The van der Waals surface area contributed by atoms with Crippen LogP contribution in [0.2, 0.25) is 0 Å². The molecule has 1 heterocycles. The zero-order valence-corrected chi connectivity index (χ0v) is 22.3. The number of esters is 1.